The predicted molar refractivity (Wildman–Crippen MR) is 44.9 cm³/mol. The molecular formula is C6H6N2S2. The van der Waals surface area contributed by atoms with Gasteiger partial charge < -0.3 is 0 Å². The Morgan fingerprint density at radius 3 is 3.30 bits per heavy atom. The average Bonchev–Trinajstić information content (AvgIpc) is 2.42. The first-order valence-electron chi connectivity index (χ1n) is 2.85. The zero-order valence-electron chi connectivity index (χ0n) is 5.44. The van der Waals surface area contributed by atoms with E-state index >= 15 is 0 Å². The maximum atomic E-state index is 4.00. The quantitative estimate of drug-likeness (QED) is 0.610. The van der Waals surface area contributed by atoms with Crippen LogP contribution in [-0.4, -0.2) is 15.6 Å². The molecule has 0 amide bonds. The SMILES string of the molecule is CSc1cn2cncc2s1. The molecule has 10 heavy (non-hydrogen) atoms. The van der Waals surface area contributed by atoms with Gasteiger partial charge in [-0.05, 0) is 6.26 Å². The molecule has 0 bridgehead atoms. The number of imidazole rings is 1. The first-order chi connectivity index (χ1) is 4.90. The molecule has 2 aromatic heterocycles. The fraction of sp³-hybridized carbons (Fsp3) is 0.167. The highest BCUT2D eigenvalue weighted by molar-refractivity contribution is 8.00. The minimum Gasteiger partial charge on any atom is -0.296 e. The molecule has 4 heteroatoms. The van der Waals surface area contributed by atoms with E-state index in [2.05, 4.69) is 17.4 Å². The third-order valence-corrected chi connectivity index (χ3v) is 3.37. The molecule has 0 aromatic carbocycles. The predicted octanol–water partition coefficient (Wildman–Crippen LogP) is 2.12. The second-order valence-corrected chi connectivity index (χ2v) is 4.06. The summed E-state index contributed by atoms with van der Waals surface area (Å²) in [5.41, 5.74) is 0. The lowest BCUT2D eigenvalue weighted by molar-refractivity contribution is 1.16. The summed E-state index contributed by atoms with van der Waals surface area (Å²) in [5.74, 6) is 0. The van der Waals surface area contributed by atoms with Crippen molar-refractivity contribution in [2.45, 2.75) is 4.21 Å². The van der Waals surface area contributed by atoms with Crippen LogP contribution in [0.5, 0.6) is 0 Å². The van der Waals surface area contributed by atoms with E-state index in [0.717, 1.165) is 0 Å². The van der Waals surface area contributed by atoms with Crippen molar-refractivity contribution in [2.75, 3.05) is 6.26 Å². The molecule has 0 atom stereocenters. The van der Waals surface area contributed by atoms with E-state index in [1.807, 2.05) is 16.9 Å². The van der Waals surface area contributed by atoms with Gasteiger partial charge in [-0.3, -0.25) is 4.40 Å². The van der Waals surface area contributed by atoms with Gasteiger partial charge in [0.25, 0.3) is 0 Å². The number of hydrogen-bond donors (Lipinski definition) is 0. The van der Waals surface area contributed by atoms with Crippen LogP contribution < -0.4 is 0 Å². The largest absolute Gasteiger partial charge is 0.296 e. The van der Waals surface area contributed by atoms with Crippen molar-refractivity contribution < 1.29 is 0 Å². The summed E-state index contributed by atoms with van der Waals surface area (Å²) in [5, 5.41) is 0. The Morgan fingerprint density at radius 1 is 1.70 bits per heavy atom. The van der Waals surface area contributed by atoms with E-state index in [9.17, 15) is 0 Å². The Morgan fingerprint density at radius 2 is 2.60 bits per heavy atom. The molecule has 0 spiro atoms. The van der Waals surface area contributed by atoms with Crippen LogP contribution in [0.3, 0.4) is 0 Å². The summed E-state index contributed by atoms with van der Waals surface area (Å²) in [7, 11) is 0. The van der Waals surface area contributed by atoms with Crippen molar-refractivity contribution in [1.29, 1.82) is 0 Å². The van der Waals surface area contributed by atoms with Crippen LogP contribution in [-0.2, 0) is 0 Å². The summed E-state index contributed by atoms with van der Waals surface area (Å²) >= 11 is 3.54. The molecule has 0 aliphatic heterocycles. The summed E-state index contributed by atoms with van der Waals surface area (Å²) in [6, 6.07) is 0. The van der Waals surface area contributed by atoms with Crippen LogP contribution in [0.25, 0.3) is 4.83 Å². The lowest BCUT2D eigenvalue weighted by Gasteiger charge is -1.79. The minimum absolute atomic E-state index is 1.21. The number of nitrogens with zero attached hydrogens (tertiary/aromatic N) is 2. The van der Waals surface area contributed by atoms with Gasteiger partial charge in [-0.25, -0.2) is 4.98 Å². The topological polar surface area (TPSA) is 17.3 Å². The fourth-order valence-electron chi connectivity index (χ4n) is 0.806. The highest BCUT2D eigenvalue weighted by Crippen LogP contribution is 2.25. The highest BCUT2D eigenvalue weighted by Gasteiger charge is 1.97. The third kappa shape index (κ3) is 0.839. The molecule has 2 aromatic rings. The molecule has 0 saturated heterocycles. The summed E-state index contributed by atoms with van der Waals surface area (Å²) in [6.45, 7) is 0. The van der Waals surface area contributed by atoms with Gasteiger partial charge in [-0.1, -0.05) is 0 Å². The number of rotatable bonds is 1. The van der Waals surface area contributed by atoms with Crippen molar-refractivity contribution in [3.63, 3.8) is 0 Å². The Balaban J connectivity index is 2.67. The van der Waals surface area contributed by atoms with Gasteiger partial charge in [0.15, 0.2) is 0 Å². The standard InChI is InChI=1S/C6H6N2S2/c1-9-6-3-8-4-7-2-5(8)10-6/h2-4H,1H3. The Hall–Kier alpha value is -0.480. The normalized spacial score (nSPS) is 10.9. The molecule has 0 saturated carbocycles. The Kier molecular flexibility index (Phi) is 1.43. The maximum absolute atomic E-state index is 4.00. The molecule has 2 nitrogen and oxygen atoms in total. The van der Waals surface area contributed by atoms with Crippen LogP contribution in [0.15, 0.2) is 22.9 Å². The molecule has 2 heterocycles. The van der Waals surface area contributed by atoms with E-state index in [-0.39, 0.29) is 0 Å². The van der Waals surface area contributed by atoms with Crippen LogP contribution >= 0.6 is 23.1 Å². The lowest BCUT2D eigenvalue weighted by atomic mass is 10.9. The van der Waals surface area contributed by atoms with E-state index in [4.69, 9.17) is 0 Å². The van der Waals surface area contributed by atoms with Crippen LogP contribution in [0.2, 0.25) is 0 Å². The Labute approximate surface area is 66.9 Å². The Bertz CT molecular complexity index is 307. The molecule has 0 unspecified atom stereocenters. The monoisotopic (exact) mass is 170 g/mol. The fourth-order valence-corrected chi connectivity index (χ4v) is 2.31. The van der Waals surface area contributed by atoms with Crippen LogP contribution in [0.4, 0.5) is 0 Å². The molecule has 52 valence electrons. The smallest absolute Gasteiger partial charge is 0.120 e. The van der Waals surface area contributed by atoms with Crippen molar-refractivity contribution in [1.82, 2.24) is 9.38 Å². The second-order valence-electron chi connectivity index (χ2n) is 1.89. The van der Waals surface area contributed by atoms with Gasteiger partial charge in [-0.2, -0.15) is 0 Å². The van der Waals surface area contributed by atoms with Gasteiger partial charge in [0, 0.05) is 6.20 Å². The summed E-state index contributed by atoms with van der Waals surface area (Å²) < 4.78 is 3.37. The summed E-state index contributed by atoms with van der Waals surface area (Å²) in [6.07, 6.45) is 7.88. The highest BCUT2D eigenvalue weighted by atomic mass is 32.2. The maximum Gasteiger partial charge on any atom is 0.120 e. The molecule has 2 rings (SSSR count). The van der Waals surface area contributed by atoms with Crippen molar-refractivity contribution in [3.05, 3.63) is 18.7 Å². The third-order valence-electron chi connectivity index (χ3n) is 1.28. The number of fused-ring (bicyclic) bond motifs is 1. The number of aromatic nitrogens is 2. The second kappa shape index (κ2) is 2.29. The zero-order valence-corrected chi connectivity index (χ0v) is 7.08. The van der Waals surface area contributed by atoms with Gasteiger partial charge in [0.1, 0.15) is 4.83 Å². The van der Waals surface area contributed by atoms with Gasteiger partial charge in [0.2, 0.25) is 0 Å². The number of thiazole rings is 1. The molecule has 0 aliphatic carbocycles. The van der Waals surface area contributed by atoms with E-state index in [1.54, 1.807) is 23.1 Å². The number of thioether (sulfide) groups is 1. The van der Waals surface area contributed by atoms with Crippen molar-refractivity contribution in [2.24, 2.45) is 0 Å². The lowest BCUT2D eigenvalue weighted by Crippen LogP contribution is -1.67. The minimum atomic E-state index is 1.21. The van der Waals surface area contributed by atoms with Crippen molar-refractivity contribution >= 4 is 27.9 Å². The first kappa shape index (κ1) is 6.24. The van der Waals surface area contributed by atoms with Gasteiger partial charge in [0.05, 0.1) is 16.7 Å². The zero-order chi connectivity index (χ0) is 6.97. The van der Waals surface area contributed by atoms with E-state index in [1.165, 1.54) is 9.04 Å². The van der Waals surface area contributed by atoms with E-state index < -0.39 is 0 Å². The van der Waals surface area contributed by atoms with Gasteiger partial charge >= 0.3 is 0 Å². The van der Waals surface area contributed by atoms with Crippen molar-refractivity contribution in [3.8, 4) is 0 Å². The van der Waals surface area contributed by atoms with Gasteiger partial charge in [-0.15, -0.1) is 23.1 Å². The van der Waals surface area contributed by atoms with Crippen LogP contribution in [0.1, 0.15) is 0 Å². The molecule has 0 aliphatic rings. The number of hydrogen-bond acceptors (Lipinski definition) is 3. The van der Waals surface area contributed by atoms with Crippen LogP contribution in [0, 0.1) is 0 Å². The molecule has 0 N–H and O–H groups in total. The molecular weight excluding hydrogens is 164 g/mol. The molecule has 0 radical (unpaired) electrons. The average molecular weight is 170 g/mol. The van der Waals surface area contributed by atoms with E-state index in [0.29, 0.717) is 0 Å². The first-order valence-corrected chi connectivity index (χ1v) is 4.90. The summed E-state index contributed by atoms with van der Waals surface area (Å²) in [4.78, 5) is 5.21. The molecule has 0 fully saturated rings.